The zero-order valence-corrected chi connectivity index (χ0v) is 15.5. The Labute approximate surface area is 163 Å². The molecule has 27 heavy (non-hydrogen) atoms. The van der Waals surface area contributed by atoms with Gasteiger partial charge in [0.25, 0.3) is 5.91 Å². The molecule has 0 unspecified atom stereocenters. The average molecular weight is 385 g/mol. The van der Waals surface area contributed by atoms with Gasteiger partial charge in [0, 0.05) is 18.0 Å². The predicted molar refractivity (Wildman–Crippen MR) is 106 cm³/mol. The van der Waals surface area contributed by atoms with E-state index in [0.717, 1.165) is 18.7 Å². The van der Waals surface area contributed by atoms with E-state index in [1.807, 2.05) is 42.6 Å². The van der Waals surface area contributed by atoms with Crippen molar-refractivity contribution in [2.24, 2.45) is 0 Å². The summed E-state index contributed by atoms with van der Waals surface area (Å²) in [5.74, 6) is 0.547. The quantitative estimate of drug-likeness (QED) is 0.721. The summed E-state index contributed by atoms with van der Waals surface area (Å²) in [7, 11) is 0. The number of aromatic nitrogens is 4. The highest BCUT2D eigenvalue weighted by Gasteiger charge is 2.42. The molecule has 0 saturated carbocycles. The number of carbonyl (C=O) groups is 1. The van der Waals surface area contributed by atoms with E-state index in [1.165, 1.54) is 0 Å². The van der Waals surface area contributed by atoms with Gasteiger partial charge in [0.15, 0.2) is 5.82 Å². The van der Waals surface area contributed by atoms with Crippen LogP contribution in [0.1, 0.15) is 12.8 Å². The van der Waals surface area contributed by atoms with Crippen molar-refractivity contribution in [2.75, 3.05) is 18.4 Å². The zero-order chi connectivity index (χ0) is 17.8. The van der Waals surface area contributed by atoms with Gasteiger partial charge in [-0.3, -0.25) is 9.48 Å². The first-order valence-electron chi connectivity index (χ1n) is 8.68. The molecule has 0 atom stereocenters. The molecule has 0 radical (unpaired) electrons. The standard InChI is InChI=1S/C19H20N6O.ClH/c26-18(19(7-10-20-11-8-19)25-12-4-9-23-25)24-16-13-21-17(22-14-16)15-5-2-1-3-6-15;/h1-6,9,12-14,20H,7-8,10-11H2,(H,24,26);1H. The maximum atomic E-state index is 13.1. The van der Waals surface area contributed by atoms with Gasteiger partial charge < -0.3 is 10.6 Å². The van der Waals surface area contributed by atoms with Crippen LogP contribution in [0.5, 0.6) is 0 Å². The van der Waals surface area contributed by atoms with Crippen LogP contribution in [0.3, 0.4) is 0 Å². The Bertz CT molecular complexity index is 861. The molecule has 1 amide bonds. The Kier molecular flexibility index (Phi) is 5.83. The van der Waals surface area contributed by atoms with Crippen LogP contribution in [0, 0.1) is 0 Å². The number of nitrogens with one attached hydrogen (secondary N) is 2. The number of anilines is 1. The molecule has 0 bridgehead atoms. The molecule has 7 nitrogen and oxygen atoms in total. The normalized spacial score (nSPS) is 15.6. The molecule has 3 aromatic rings. The van der Waals surface area contributed by atoms with Crippen LogP contribution in [0.15, 0.2) is 61.2 Å². The van der Waals surface area contributed by atoms with Gasteiger partial charge in [-0.15, -0.1) is 12.4 Å². The fraction of sp³-hybridized carbons (Fsp3) is 0.263. The van der Waals surface area contributed by atoms with Crippen LogP contribution in [0.4, 0.5) is 5.69 Å². The number of hydrogen-bond donors (Lipinski definition) is 2. The van der Waals surface area contributed by atoms with Crippen LogP contribution in [-0.4, -0.2) is 38.7 Å². The Hall–Kier alpha value is -2.77. The largest absolute Gasteiger partial charge is 0.321 e. The highest BCUT2D eigenvalue weighted by Crippen LogP contribution is 2.28. The lowest BCUT2D eigenvalue weighted by atomic mass is 9.87. The highest BCUT2D eigenvalue weighted by molar-refractivity contribution is 5.96. The van der Waals surface area contributed by atoms with Crippen molar-refractivity contribution in [1.29, 1.82) is 0 Å². The van der Waals surface area contributed by atoms with Gasteiger partial charge in [0.1, 0.15) is 5.54 Å². The molecule has 1 aliphatic rings. The van der Waals surface area contributed by atoms with Crippen molar-refractivity contribution >= 4 is 24.0 Å². The van der Waals surface area contributed by atoms with Gasteiger partial charge in [-0.1, -0.05) is 30.3 Å². The maximum absolute atomic E-state index is 13.1. The third-order valence-corrected chi connectivity index (χ3v) is 4.74. The van der Waals surface area contributed by atoms with Crippen LogP contribution in [0.2, 0.25) is 0 Å². The molecule has 8 heteroatoms. The van der Waals surface area contributed by atoms with E-state index in [9.17, 15) is 4.79 Å². The van der Waals surface area contributed by atoms with Gasteiger partial charge in [-0.2, -0.15) is 5.10 Å². The predicted octanol–water partition coefficient (Wildman–Crippen LogP) is 2.48. The van der Waals surface area contributed by atoms with Crippen LogP contribution in [0.25, 0.3) is 11.4 Å². The second-order valence-electron chi connectivity index (χ2n) is 6.35. The van der Waals surface area contributed by atoms with E-state index in [4.69, 9.17) is 0 Å². The molecule has 1 aliphatic heterocycles. The van der Waals surface area contributed by atoms with Crippen molar-refractivity contribution in [3.63, 3.8) is 0 Å². The first-order valence-corrected chi connectivity index (χ1v) is 8.68. The summed E-state index contributed by atoms with van der Waals surface area (Å²) in [5.41, 5.74) is 0.837. The van der Waals surface area contributed by atoms with Crippen molar-refractivity contribution < 1.29 is 4.79 Å². The van der Waals surface area contributed by atoms with Crippen molar-refractivity contribution in [3.8, 4) is 11.4 Å². The first kappa shape index (κ1) is 19.0. The number of halogens is 1. The average Bonchev–Trinajstić information content (AvgIpc) is 3.25. The monoisotopic (exact) mass is 384 g/mol. The van der Waals surface area contributed by atoms with E-state index >= 15 is 0 Å². The molecule has 1 saturated heterocycles. The summed E-state index contributed by atoms with van der Waals surface area (Å²) in [6.45, 7) is 1.55. The van der Waals surface area contributed by atoms with Gasteiger partial charge in [-0.25, -0.2) is 9.97 Å². The Morgan fingerprint density at radius 2 is 1.78 bits per heavy atom. The summed E-state index contributed by atoms with van der Waals surface area (Å²) in [5, 5.41) is 10.6. The molecule has 0 spiro atoms. The molecule has 140 valence electrons. The van der Waals surface area contributed by atoms with Crippen LogP contribution in [-0.2, 0) is 10.3 Å². The number of hydrogen-bond acceptors (Lipinski definition) is 5. The Balaban J connectivity index is 0.00000210. The summed E-state index contributed by atoms with van der Waals surface area (Å²) < 4.78 is 1.77. The van der Waals surface area contributed by atoms with E-state index in [0.29, 0.717) is 24.4 Å². The van der Waals surface area contributed by atoms with Gasteiger partial charge >= 0.3 is 0 Å². The topological polar surface area (TPSA) is 84.7 Å². The SMILES string of the molecule is Cl.O=C(Nc1cnc(-c2ccccc2)nc1)C1(n2cccn2)CCNCC1. The molecular formula is C19H21ClN6O. The molecule has 4 rings (SSSR count). The number of rotatable bonds is 4. The van der Waals surface area contributed by atoms with Crippen molar-refractivity contribution in [1.82, 2.24) is 25.1 Å². The van der Waals surface area contributed by atoms with Gasteiger partial charge in [-0.05, 0) is 32.0 Å². The Morgan fingerprint density at radius 1 is 1.07 bits per heavy atom. The number of carbonyl (C=O) groups excluding carboxylic acids is 1. The smallest absolute Gasteiger partial charge is 0.252 e. The van der Waals surface area contributed by atoms with E-state index < -0.39 is 5.54 Å². The second kappa shape index (κ2) is 8.28. The maximum Gasteiger partial charge on any atom is 0.252 e. The number of benzene rings is 1. The molecular weight excluding hydrogens is 364 g/mol. The summed E-state index contributed by atoms with van der Waals surface area (Å²) >= 11 is 0. The third-order valence-electron chi connectivity index (χ3n) is 4.74. The second-order valence-corrected chi connectivity index (χ2v) is 6.35. The molecule has 1 fully saturated rings. The highest BCUT2D eigenvalue weighted by atomic mass is 35.5. The molecule has 2 N–H and O–H groups in total. The minimum absolute atomic E-state index is 0. The lowest BCUT2D eigenvalue weighted by Crippen LogP contribution is -2.52. The summed E-state index contributed by atoms with van der Waals surface area (Å²) in [6, 6.07) is 11.6. The minimum Gasteiger partial charge on any atom is -0.321 e. The fourth-order valence-corrected chi connectivity index (χ4v) is 3.30. The number of piperidine rings is 1. The van der Waals surface area contributed by atoms with E-state index in [1.54, 1.807) is 23.3 Å². The fourth-order valence-electron chi connectivity index (χ4n) is 3.30. The molecule has 0 aliphatic carbocycles. The number of nitrogens with zero attached hydrogens (tertiary/aromatic N) is 4. The van der Waals surface area contributed by atoms with E-state index in [2.05, 4.69) is 25.7 Å². The minimum atomic E-state index is -0.688. The third kappa shape index (κ3) is 3.84. The molecule has 3 heterocycles. The van der Waals surface area contributed by atoms with Crippen LogP contribution >= 0.6 is 12.4 Å². The molecule has 2 aromatic heterocycles. The van der Waals surface area contributed by atoms with Crippen molar-refractivity contribution in [2.45, 2.75) is 18.4 Å². The lowest BCUT2D eigenvalue weighted by molar-refractivity contribution is -0.126. The zero-order valence-electron chi connectivity index (χ0n) is 14.7. The van der Waals surface area contributed by atoms with Gasteiger partial charge in [0.05, 0.1) is 18.1 Å². The van der Waals surface area contributed by atoms with Gasteiger partial charge in [0.2, 0.25) is 0 Å². The van der Waals surface area contributed by atoms with Crippen LogP contribution < -0.4 is 10.6 Å². The summed E-state index contributed by atoms with van der Waals surface area (Å²) in [6.07, 6.45) is 8.21. The van der Waals surface area contributed by atoms with E-state index in [-0.39, 0.29) is 18.3 Å². The number of amides is 1. The van der Waals surface area contributed by atoms with Crippen molar-refractivity contribution in [3.05, 3.63) is 61.2 Å². The first-order chi connectivity index (χ1) is 12.8. The Morgan fingerprint density at radius 3 is 2.41 bits per heavy atom. The lowest BCUT2D eigenvalue weighted by Gasteiger charge is -2.36. The molecule has 1 aromatic carbocycles. The summed E-state index contributed by atoms with van der Waals surface area (Å²) in [4.78, 5) is 21.8.